The van der Waals surface area contributed by atoms with Crippen LogP contribution in [-0.2, 0) is 19.6 Å². The van der Waals surface area contributed by atoms with E-state index in [2.05, 4.69) is 4.74 Å². The molecule has 0 spiro atoms. The van der Waals surface area contributed by atoms with Gasteiger partial charge in [-0.3, -0.25) is 4.79 Å². The lowest BCUT2D eigenvalue weighted by atomic mass is 10.1. The lowest BCUT2D eigenvalue weighted by Crippen LogP contribution is -2.40. The first-order valence-corrected chi connectivity index (χ1v) is 8.65. The quantitative estimate of drug-likeness (QED) is 0.819. The van der Waals surface area contributed by atoms with Gasteiger partial charge >= 0.3 is 11.9 Å². The standard InChI is InChI=1S/C14H16ClNO6S/c1-8-10(15)6-9(14(19)22-2)7-12(8)23(20,21)16-5-3-4-11(16)13(17)18/h6-7,11H,3-5H2,1-2H3,(H,17,18)/t11-/m0/s1. The first-order chi connectivity index (χ1) is 10.7. The molecule has 1 aliphatic heterocycles. The number of esters is 1. The van der Waals surface area contributed by atoms with Crippen molar-refractivity contribution in [3.8, 4) is 0 Å². The number of carbonyl (C=O) groups is 2. The second-order valence-electron chi connectivity index (χ2n) is 5.18. The summed E-state index contributed by atoms with van der Waals surface area (Å²) in [7, 11) is -2.92. The highest BCUT2D eigenvalue weighted by Crippen LogP contribution is 2.32. The van der Waals surface area contributed by atoms with Gasteiger partial charge in [0.25, 0.3) is 0 Å². The summed E-state index contributed by atoms with van der Waals surface area (Å²) in [5, 5.41) is 9.29. The molecule has 0 unspecified atom stereocenters. The Morgan fingerprint density at radius 1 is 1.39 bits per heavy atom. The van der Waals surface area contributed by atoms with Crippen LogP contribution in [0.3, 0.4) is 0 Å². The minimum Gasteiger partial charge on any atom is -0.480 e. The number of sulfonamides is 1. The molecule has 1 atom stereocenters. The molecule has 0 aliphatic carbocycles. The molecular weight excluding hydrogens is 346 g/mol. The number of methoxy groups -OCH3 is 1. The highest BCUT2D eigenvalue weighted by atomic mass is 35.5. The van der Waals surface area contributed by atoms with Crippen molar-refractivity contribution in [2.75, 3.05) is 13.7 Å². The number of aliphatic carboxylic acids is 1. The second-order valence-corrected chi connectivity index (χ2v) is 7.45. The van der Waals surface area contributed by atoms with Gasteiger partial charge in [-0.05, 0) is 37.5 Å². The molecule has 1 heterocycles. The largest absolute Gasteiger partial charge is 0.480 e. The number of hydrogen-bond acceptors (Lipinski definition) is 5. The molecule has 126 valence electrons. The number of ether oxygens (including phenoxy) is 1. The van der Waals surface area contributed by atoms with Crippen LogP contribution in [0.1, 0.15) is 28.8 Å². The van der Waals surface area contributed by atoms with Crippen LogP contribution in [-0.4, -0.2) is 49.5 Å². The molecule has 1 aliphatic rings. The van der Waals surface area contributed by atoms with Crippen molar-refractivity contribution in [3.63, 3.8) is 0 Å². The van der Waals surface area contributed by atoms with E-state index in [9.17, 15) is 23.1 Å². The highest BCUT2D eigenvalue weighted by molar-refractivity contribution is 7.89. The zero-order valence-electron chi connectivity index (χ0n) is 12.6. The van der Waals surface area contributed by atoms with Crippen molar-refractivity contribution in [1.29, 1.82) is 0 Å². The average molecular weight is 362 g/mol. The van der Waals surface area contributed by atoms with Gasteiger partial charge in [0.15, 0.2) is 0 Å². The van der Waals surface area contributed by atoms with Gasteiger partial charge in [0, 0.05) is 11.6 Å². The smallest absolute Gasteiger partial charge is 0.337 e. The topological polar surface area (TPSA) is 101 Å². The first-order valence-electron chi connectivity index (χ1n) is 6.83. The number of hydrogen-bond donors (Lipinski definition) is 1. The lowest BCUT2D eigenvalue weighted by Gasteiger charge is -2.22. The van der Waals surface area contributed by atoms with Crippen molar-refractivity contribution >= 4 is 33.6 Å². The van der Waals surface area contributed by atoms with Crippen LogP contribution in [0, 0.1) is 6.92 Å². The van der Waals surface area contributed by atoms with Crippen LogP contribution in [0.25, 0.3) is 0 Å². The Hall–Kier alpha value is -1.64. The lowest BCUT2D eigenvalue weighted by molar-refractivity contribution is -0.140. The Morgan fingerprint density at radius 3 is 2.61 bits per heavy atom. The molecule has 1 fully saturated rings. The van der Waals surface area contributed by atoms with Gasteiger partial charge in [0.1, 0.15) is 6.04 Å². The summed E-state index contributed by atoms with van der Waals surface area (Å²) < 4.78 is 31.2. The van der Waals surface area contributed by atoms with Gasteiger partial charge in [-0.15, -0.1) is 0 Å². The zero-order valence-corrected chi connectivity index (χ0v) is 14.1. The fraction of sp³-hybridized carbons (Fsp3) is 0.429. The van der Waals surface area contributed by atoms with E-state index in [0.717, 1.165) is 4.31 Å². The van der Waals surface area contributed by atoms with Crippen LogP contribution in [0.4, 0.5) is 0 Å². The van der Waals surface area contributed by atoms with E-state index in [1.807, 2.05) is 0 Å². The van der Waals surface area contributed by atoms with E-state index in [1.165, 1.54) is 26.2 Å². The van der Waals surface area contributed by atoms with Crippen LogP contribution in [0.15, 0.2) is 17.0 Å². The first kappa shape index (κ1) is 17.7. The highest BCUT2D eigenvalue weighted by Gasteiger charge is 2.40. The molecular formula is C14H16ClNO6S. The van der Waals surface area contributed by atoms with Crippen molar-refractivity contribution in [1.82, 2.24) is 4.31 Å². The second kappa shape index (κ2) is 6.46. The third kappa shape index (κ3) is 3.19. The SMILES string of the molecule is COC(=O)c1cc(Cl)c(C)c(S(=O)(=O)N2CCC[C@H]2C(=O)O)c1. The summed E-state index contributed by atoms with van der Waals surface area (Å²) in [6.45, 7) is 1.61. The molecule has 0 saturated carbocycles. The predicted octanol–water partition coefficient (Wildman–Crippen LogP) is 1.67. The van der Waals surface area contributed by atoms with E-state index in [-0.39, 0.29) is 34.0 Å². The summed E-state index contributed by atoms with van der Waals surface area (Å²) in [6, 6.07) is 1.37. The molecule has 0 bridgehead atoms. The minimum atomic E-state index is -4.09. The summed E-state index contributed by atoms with van der Waals surface area (Å²) in [5.74, 6) is -1.92. The molecule has 7 nitrogen and oxygen atoms in total. The van der Waals surface area contributed by atoms with Gasteiger partial charge in [-0.1, -0.05) is 11.6 Å². The normalized spacial score (nSPS) is 18.8. The molecule has 1 aromatic rings. The number of carbonyl (C=O) groups excluding carboxylic acids is 1. The number of rotatable bonds is 4. The summed E-state index contributed by atoms with van der Waals surface area (Å²) in [5.41, 5.74) is 0.253. The third-order valence-corrected chi connectivity index (χ3v) is 6.22. The van der Waals surface area contributed by atoms with Crippen LogP contribution in [0.5, 0.6) is 0 Å². The third-order valence-electron chi connectivity index (χ3n) is 3.79. The predicted molar refractivity (Wildman–Crippen MR) is 82.1 cm³/mol. The fourth-order valence-corrected chi connectivity index (χ4v) is 4.76. The fourth-order valence-electron chi connectivity index (χ4n) is 2.56. The minimum absolute atomic E-state index is 0.00672. The maximum Gasteiger partial charge on any atom is 0.337 e. The van der Waals surface area contributed by atoms with Crippen LogP contribution in [0.2, 0.25) is 5.02 Å². The molecule has 1 aromatic carbocycles. The van der Waals surface area contributed by atoms with E-state index in [4.69, 9.17) is 11.6 Å². The Morgan fingerprint density at radius 2 is 2.04 bits per heavy atom. The Kier molecular flexibility index (Phi) is 4.98. The van der Waals surface area contributed by atoms with Crippen molar-refractivity contribution in [2.45, 2.75) is 30.7 Å². The molecule has 0 radical (unpaired) electrons. The van der Waals surface area contributed by atoms with E-state index in [1.54, 1.807) is 0 Å². The average Bonchev–Trinajstić information content (AvgIpc) is 2.99. The maximum absolute atomic E-state index is 12.8. The molecule has 23 heavy (non-hydrogen) atoms. The van der Waals surface area contributed by atoms with Crippen molar-refractivity contribution in [2.24, 2.45) is 0 Å². The van der Waals surface area contributed by atoms with Crippen LogP contribution >= 0.6 is 11.6 Å². The maximum atomic E-state index is 12.8. The number of nitrogens with zero attached hydrogens (tertiary/aromatic N) is 1. The van der Waals surface area contributed by atoms with Gasteiger partial charge in [-0.25, -0.2) is 13.2 Å². The van der Waals surface area contributed by atoms with Gasteiger partial charge in [-0.2, -0.15) is 4.31 Å². The van der Waals surface area contributed by atoms with Gasteiger partial charge in [0.2, 0.25) is 10.0 Å². The summed E-state index contributed by atoms with van der Waals surface area (Å²) >= 11 is 6.02. The molecule has 1 N–H and O–H groups in total. The van der Waals surface area contributed by atoms with Crippen molar-refractivity contribution in [3.05, 3.63) is 28.3 Å². The number of benzene rings is 1. The zero-order chi connectivity index (χ0) is 17.4. The van der Waals surface area contributed by atoms with Gasteiger partial charge < -0.3 is 9.84 Å². The Labute approximate surface area is 138 Å². The number of carboxylic acid groups (broad SMARTS) is 1. The van der Waals surface area contributed by atoms with Crippen LogP contribution < -0.4 is 0 Å². The molecule has 2 rings (SSSR count). The summed E-state index contributed by atoms with van der Waals surface area (Å²) in [4.78, 5) is 22.7. The van der Waals surface area contributed by atoms with E-state index < -0.39 is 28.0 Å². The molecule has 0 aromatic heterocycles. The van der Waals surface area contributed by atoms with E-state index >= 15 is 0 Å². The number of carboxylic acids is 1. The monoisotopic (exact) mass is 361 g/mol. The van der Waals surface area contributed by atoms with Crippen molar-refractivity contribution < 1.29 is 27.9 Å². The van der Waals surface area contributed by atoms with E-state index in [0.29, 0.717) is 6.42 Å². The Balaban J connectivity index is 2.57. The van der Waals surface area contributed by atoms with Gasteiger partial charge in [0.05, 0.1) is 17.6 Å². The Bertz CT molecular complexity index is 761. The molecule has 0 amide bonds. The molecule has 1 saturated heterocycles. The number of halogens is 1. The summed E-state index contributed by atoms with van der Waals surface area (Å²) in [6.07, 6.45) is 0.706. The molecule has 9 heteroatoms.